The van der Waals surface area contributed by atoms with E-state index in [1.54, 1.807) is 0 Å². The molecule has 0 aliphatic rings. The Hall–Kier alpha value is -3.00. The number of nitrogens with zero attached hydrogens (tertiary/aromatic N) is 5. The molecular weight excluding hydrogens is 408 g/mol. The Morgan fingerprint density at radius 2 is 2.00 bits per heavy atom. The van der Waals surface area contributed by atoms with Crippen LogP contribution in [0.2, 0.25) is 0 Å². The zero-order chi connectivity index (χ0) is 18.6. The van der Waals surface area contributed by atoms with Crippen LogP contribution in [0.3, 0.4) is 0 Å². The van der Waals surface area contributed by atoms with Gasteiger partial charge >= 0.3 is 0 Å². The Kier molecular flexibility index (Phi) is 4.97. The van der Waals surface area contributed by atoms with E-state index >= 15 is 0 Å². The average Bonchev–Trinajstić information content (AvgIpc) is 3.33. The molecule has 8 heteroatoms. The van der Waals surface area contributed by atoms with Gasteiger partial charge in [-0.3, -0.25) is 4.79 Å². The van der Waals surface area contributed by atoms with Crippen molar-refractivity contribution in [3.05, 3.63) is 77.2 Å². The lowest BCUT2D eigenvalue weighted by atomic mass is 10.1. The van der Waals surface area contributed by atoms with Crippen LogP contribution in [-0.2, 0) is 11.3 Å². The van der Waals surface area contributed by atoms with Gasteiger partial charge in [0.25, 0.3) is 0 Å². The van der Waals surface area contributed by atoms with Crippen LogP contribution in [0, 0.1) is 0 Å². The number of hydrogen-bond acceptors (Lipinski definition) is 4. The van der Waals surface area contributed by atoms with E-state index in [1.807, 2.05) is 42.6 Å². The molecule has 2 aromatic carbocycles. The number of amides is 1. The minimum absolute atomic E-state index is 0.147. The molecule has 0 bridgehead atoms. The maximum absolute atomic E-state index is 12.8. The van der Waals surface area contributed by atoms with Crippen LogP contribution >= 0.6 is 15.9 Å². The van der Waals surface area contributed by atoms with Crippen molar-refractivity contribution in [2.75, 3.05) is 6.54 Å². The summed E-state index contributed by atoms with van der Waals surface area (Å²) >= 11 is 3.51. The number of carbonyl (C=O) groups excluding carboxylic acids is 1. The molecule has 1 atom stereocenters. The molecule has 2 heterocycles. The SMILES string of the molecule is O=C(NCCn1ccc2ccc(Br)cc21)[C@@H](c1ccccc1)n1cnnn1. The van der Waals surface area contributed by atoms with Crippen LogP contribution in [0.4, 0.5) is 0 Å². The first kappa shape index (κ1) is 17.4. The molecule has 27 heavy (non-hydrogen) atoms. The fourth-order valence-electron chi connectivity index (χ4n) is 3.09. The smallest absolute Gasteiger partial charge is 0.249 e. The molecule has 1 amide bonds. The Bertz CT molecular complexity index is 1040. The third-order valence-electron chi connectivity index (χ3n) is 4.38. The number of hydrogen-bond donors (Lipinski definition) is 1. The molecule has 0 spiro atoms. The lowest BCUT2D eigenvalue weighted by Gasteiger charge is -2.17. The van der Waals surface area contributed by atoms with E-state index in [0.717, 1.165) is 15.6 Å². The molecule has 7 nitrogen and oxygen atoms in total. The first-order valence-electron chi connectivity index (χ1n) is 8.52. The van der Waals surface area contributed by atoms with Gasteiger partial charge < -0.3 is 9.88 Å². The van der Waals surface area contributed by atoms with Crippen molar-refractivity contribution in [2.45, 2.75) is 12.6 Å². The van der Waals surface area contributed by atoms with Crippen LogP contribution in [0.15, 0.2) is 71.6 Å². The van der Waals surface area contributed by atoms with E-state index in [9.17, 15) is 4.79 Å². The quantitative estimate of drug-likeness (QED) is 0.516. The number of fused-ring (bicyclic) bond motifs is 1. The van der Waals surface area contributed by atoms with Crippen LogP contribution < -0.4 is 5.32 Å². The topological polar surface area (TPSA) is 77.6 Å². The first-order valence-corrected chi connectivity index (χ1v) is 9.31. The van der Waals surface area contributed by atoms with Gasteiger partial charge in [-0.1, -0.05) is 52.3 Å². The normalized spacial score (nSPS) is 12.2. The molecule has 0 aliphatic carbocycles. The van der Waals surface area contributed by atoms with E-state index in [4.69, 9.17) is 0 Å². The van der Waals surface area contributed by atoms with Crippen LogP contribution in [-0.4, -0.2) is 37.2 Å². The summed E-state index contributed by atoms with van der Waals surface area (Å²) in [5.74, 6) is -0.147. The number of halogens is 1. The zero-order valence-electron chi connectivity index (χ0n) is 14.4. The van der Waals surface area contributed by atoms with Gasteiger partial charge in [0.2, 0.25) is 5.91 Å². The molecule has 4 rings (SSSR count). The number of aromatic nitrogens is 5. The second-order valence-corrected chi connectivity index (χ2v) is 7.02. The van der Waals surface area contributed by atoms with Crippen molar-refractivity contribution in [3.63, 3.8) is 0 Å². The highest BCUT2D eigenvalue weighted by Gasteiger charge is 2.23. The van der Waals surface area contributed by atoms with Crippen LogP contribution in [0.1, 0.15) is 11.6 Å². The lowest BCUT2D eigenvalue weighted by molar-refractivity contribution is -0.123. The highest BCUT2D eigenvalue weighted by Crippen LogP contribution is 2.21. The summed E-state index contributed by atoms with van der Waals surface area (Å²) in [5, 5.41) is 15.4. The van der Waals surface area contributed by atoms with E-state index in [1.165, 1.54) is 16.4 Å². The van der Waals surface area contributed by atoms with Crippen molar-refractivity contribution < 1.29 is 4.79 Å². The Labute approximate surface area is 164 Å². The third kappa shape index (κ3) is 3.75. The summed E-state index contributed by atoms with van der Waals surface area (Å²) in [5.41, 5.74) is 1.95. The average molecular weight is 425 g/mol. The van der Waals surface area contributed by atoms with Crippen molar-refractivity contribution in [1.29, 1.82) is 0 Å². The van der Waals surface area contributed by atoms with E-state index in [-0.39, 0.29) is 5.91 Å². The van der Waals surface area contributed by atoms with E-state index in [0.29, 0.717) is 13.1 Å². The summed E-state index contributed by atoms with van der Waals surface area (Å²) in [4.78, 5) is 12.8. The molecule has 2 aromatic heterocycles. The summed E-state index contributed by atoms with van der Waals surface area (Å²) in [6, 6.07) is 17.1. The summed E-state index contributed by atoms with van der Waals surface area (Å²) in [6.45, 7) is 1.17. The minimum Gasteiger partial charge on any atom is -0.352 e. The molecule has 0 aliphatic heterocycles. The zero-order valence-corrected chi connectivity index (χ0v) is 16.0. The predicted octanol–water partition coefficient (Wildman–Crippen LogP) is 2.80. The van der Waals surface area contributed by atoms with Gasteiger partial charge in [0, 0.05) is 29.3 Å². The van der Waals surface area contributed by atoms with Gasteiger partial charge in [0.1, 0.15) is 6.33 Å². The Morgan fingerprint density at radius 3 is 2.78 bits per heavy atom. The van der Waals surface area contributed by atoms with Crippen molar-refractivity contribution in [3.8, 4) is 0 Å². The van der Waals surface area contributed by atoms with Crippen molar-refractivity contribution in [2.24, 2.45) is 0 Å². The molecule has 4 aromatic rings. The molecule has 1 N–H and O–H groups in total. The Balaban J connectivity index is 1.48. The van der Waals surface area contributed by atoms with Crippen molar-refractivity contribution >= 4 is 32.7 Å². The number of nitrogens with one attached hydrogen (secondary N) is 1. The fraction of sp³-hybridized carbons (Fsp3) is 0.158. The highest BCUT2D eigenvalue weighted by atomic mass is 79.9. The maximum Gasteiger partial charge on any atom is 0.249 e. The molecule has 0 fully saturated rings. The molecule has 0 saturated heterocycles. The van der Waals surface area contributed by atoms with Gasteiger partial charge in [-0.2, -0.15) is 0 Å². The third-order valence-corrected chi connectivity index (χ3v) is 4.87. The van der Waals surface area contributed by atoms with Crippen molar-refractivity contribution in [1.82, 2.24) is 30.1 Å². The number of rotatable bonds is 6. The maximum atomic E-state index is 12.8. The van der Waals surface area contributed by atoms with Gasteiger partial charge in [0.05, 0.1) is 0 Å². The number of tetrazole rings is 1. The van der Waals surface area contributed by atoms with Gasteiger partial charge in [-0.25, -0.2) is 4.68 Å². The number of benzene rings is 2. The van der Waals surface area contributed by atoms with E-state index in [2.05, 4.69) is 59.5 Å². The Morgan fingerprint density at radius 1 is 1.15 bits per heavy atom. The highest BCUT2D eigenvalue weighted by molar-refractivity contribution is 9.10. The molecule has 136 valence electrons. The molecule has 0 radical (unpaired) electrons. The van der Waals surface area contributed by atoms with Crippen LogP contribution in [0.25, 0.3) is 10.9 Å². The summed E-state index contributed by atoms with van der Waals surface area (Å²) in [6.07, 6.45) is 3.48. The molecular formula is C19H17BrN6O. The standard InChI is InChI=1S/C19H17BrN6O/c20-16-7-6-14-8-10-25(17(14)12-16)11-9-21-19(27)18(26-13-22-23-24-26)15-4-2-1-3-5-15/h1-8,10,12-13,18H,9,11H2,(H,21,27)/t18-/m1/s1. The second-order valence-electron chi connectivity index (χ2n) is 6.11. The monoisotopic (exact) mass is 424 g/mol. The molecule has 0 unspecified atom stereocenters. The van der Waals surface area contributed by atoms with E-state index < -0.39 is 6.04 Å². The first-order chi connectivity index (χ1) is 13.2. The summed E-state index contributed by atoms with van der Waals surface area (Å²) in [7, 11) is 0. The summed E-state index contributed by atoms with van der Waals surface area (Å²) < 4.78 is 4.61. The molecule has 0 saturated carbocycles. The van der Waals surface area contributed by atoms with Gasteiger partial charge in [-0.05, 0) is 39.6 Å². The van der Waals surface area contributed by atoms with Gasteiger partial charge in [-0.15, -0.1) is 5.10 Å². The lowest BCUT2D eigenvalue weighted by Crippen LogP contribution is -2.35. The second kappa shape index (κ2) is 7.71. The fourth-order valence-corrected chi connectivity index (χ4v) is 3.44. The van der Waals surface area contributed by atoms with Gasteiger partial charge in [0.15, 0.2) is 6.04 Å². The largest absolute Gasteiger partial charge is 0.352 e. The minimum atomic E-state index is -0.600. The van der Waals surface area contributed by atoms with Crippen LogP contribution in [0.5, 0.6) is 0 Å². The number of carbonyl (C=O) groups is 1. The predicted molar refractivity (Wildman–Crippen MR) is 105 cm³/mol.